The lowest BCUT2D eigenvalue weighted by Crippen LogP contribution is -2.41. The molecule has 1 saturated heterocycles. The van der Waals surface area contributed by atoms with Crippen molar-refractivity contribution in [3.63, 3.8) is 0 Å². The molecule has 3 heterocycles. The smallest absolute Gasteiger partial charge is 0.144 e. The molecule has 1 aromatic heterocycles. The Morgan fingerprint density at radius 3 is 2.83 bits per heavy atom. The molecule has 1 saturated carbocycles. The highest BCUT2D eigenvalue weighted by Crippen LogP contribution is 2.30. The van der Waals surface area contributed by atoms with Gasteiger partial charge in [-0.25, -0.2) is 0 Å². The zero-order valence-electron chi connectivity index (χ0n) is 13.8. The SMILES string of the molecule is C1CN(CCN(Cc2noc3c2COCC3)CC2CC2)CCO1. The number of hydrogen-bond donors (Lipinski definition) is 0. The van der Waals surface area contributed by atoms with Crippen LogP contribution in [0.4, 0.5) is 0 Å². The van der Waals surface area contributed by atoms with E-state index in [1.165, 1.54) is 24.9 Å². The number of morpholine rings is 1. The maximum absolute atomic E-state index is 5.58. The topological polar surface area (TPSA) is 51.0 Å². The van der Waals surface area contributed by atoms with E-state index in [1.807, 2.05) is 0 Å². The van der Waals surface area contributed by atoms with Crippen LogP contribution in [0, 0.1) is 5.92 Å². The molecular weight excluding hydrogens is 294 g/mol. The first-order chi connectivity index (χ1) is 11.4. The predicted octanol–water partition coefficient (Wildman–Crippen LogP) is 1.29. The Balaban J connectivity index is 1.36. The summed E-state index contributed by atoms with van der Waals surface area (Å²) in [4.78, 5) is 5.06. The molecule has 0 atom stereocenters. The summed E-state index contributed by atoms with van der Waals surface area (Å²) in [6, 6.07) is 0. The first kappa shape index (κ1) is 15.6. The summed E-state index contributed by atoms with van der Waals surface area (Å²) in [6.07, 6.45) is 3.63. The first-order valence-electron chi connectivity index (χ1n) is 8.95. The molecule has 4 rings (SSSR count). The van der Waals surface area contributed by atoms with Crippen molar-refractivity contribution in [1.29, 1.82) is 0 Å². The summed E-state index contributed by atoms with van der Waals surface area (Å²) in [6.45, 7) is 9.57. The number of rotatable bonds is 7. The van der Waals surface area contributed by atoms with Crippen LogP contribution in [-0.2, 0) is 29.0 Å². The standard InChI is InChI=1S/C17H27N3O3/c1-2-14(1)11-20(5-4-19-6-9-21-10-7-19)12-16-15-13-22-8-3-17(15)23-18-16/h14H,1-13H2. The van der Waals surface area contributed by atoms with Crippen LogP contribution < -0.4 is 0 Å². The van der Waals surface area contributed by atoms with Gasteiger partial charge in [-0.1, -0.05) is 5.16 Å². The largest absolute Gasteiger partial charge is 0.379 e. The predicted molar refractivity (Wildman–Crippen MR) is 85.1 cm³/mol. The van der Waals surface area contributed by atoms with Crippen molar-refractivity contribution in [3.8, 4) is 0 Å². The van der Waals surface area contributed by atoms with Crippen LogP contribution in [0.3, 0.4) is 0 Å². The van der Waals surface area contributed by atoms with Crippen LogP contribution in [0.2, 0.25) is 0 Å². The van der Waals surface area contributed by atoms with Crippen LogP contribution >= 0.6 is 0 Å². The van der Waals surface area contributed by atoms with Crippen molar-refractivity contribution < 1.29 is 14.0 Å². The Hall–Kier alpha value is -0.950. The third-order valence-corrected chi connectivity index (χ3v) is 5.09. The van der Waals surface area contributed by atoms with E-state index in [0.717, 1.165) is 76.3 Å². The van der Waals surface area contributed by atoms with Crippen molar-refractivity contribution in [2.45, 2.75) is 32.4 Å². The van der Waals surface area contributed by atoms with Gasteiger partial charge >= 0.3 is 0 Å². The number of nitrogens with zero attached hydrogens (tertiary/aromatic N) is 3. The van der Waals surface area contributed by atoms with Crippen molar-refractivity contribution >= 4 is 0 Å². The molecule has 0 unspecified atom stereocenters. The summed E-state index contributed by atoms with van der Waals surface area (Å²) in [7, 11) is 0. The lowest BCUT2D eigenvalue weighted by atomic mass is 10.1. The molecular formula is C17H27N3O3. The number of ether oxygens (including phenoxy) is 2. The molecule has 128 valence electrons. The molecule has 0 amide bonds. The Morgan fingerprint density at radius 2 is 2.00 bits per heavy atom. The highest BCUT2D eigenvalue weighted by molar-refractivity contribution is 5.23. The second kappa shape index (κ2) is 7.30. The van der Waals surface area contributed by atoms with E-state index < -0.39 is 0 Å². The van der Waals surface area contributed by atoms with E-state index in [1.54, 1.807) is 0 Å². The zero-order chi connectivity index (χ0) is 15.5. The van der Waals surface area contributed by atoms with Gasteiger partial charge in [-0.3, -0.25) is 9.80 Å². The van der Waals surface area contributed by atoms with Gasteiger partial charge in [0, 0.05) is 51.3 Å². The van der Waals surface area contributed by atoms with E-state index >= 15 is 0 Å². The lowest BCUT2D eigenvalue weighted by Gasteiger charge is -2.30. The number of aromatic nitrogens is 1. The monoisotopic (exact) mass is 321 g/mol. The average Bonchev–Trinajstić information content (AvgIpc) is 3.33. The summed E-state index contributed by atoms with van der Waals surface area (Å²) in [5.74, 6) is 1.92. The molecule has 2 fully saturated rings. The highest BCUT2D eigenvalue weighted by atomic mass is 16.5. The molecule has 2 aliphatic heterocycles. The van der Waals surface area contributed by atoms with Gasteiger partial charge in [0.05, 0.1) is 26.4 Å². The minimum absolute atomic E-state index is 0.662. The van der Waals surface area contributed by atoms with E-state index in [0.29, 0.717) is 6.61 Å². The fourth-order valence-corrected chi connectivity index (χ4v) is 3.42. The molecule has 0 radical (unpaired) electrons. The minimum Gasteiger partial charge on any atom is -0.379 e. The molecule has 0 N–H and O–H groups in total. The van der Waals surface area contributed by atoms with Gasteiger partial charge in [-0.15, -0.1) is 0 Å². The third kappa shape index (κ3) is 4.12. The van der Waals surface area contributed by atoms with Crippen molar-refractivity contribution in [2.24, 2.45) is 5.92 Å². The number of fused-ring (bicyclic) bond motifs is 1. The Labute approximate surface area is 137 Å². The van der Waals surface area contributed by atoms with Gasteiger partial charge in [0.25, 0.3) is 0 Å². The maximum Gasteiger partial charge on any atom is 0.144 e. The van der Waals surface area contributed by atoms with Crippen molar-refractivity contribution in [3.05, 3.63) is 17.0 Å². The minimum atomic E-state index is 0.662. The molecule has 1 aromatic rings. The van der Waals surface area contributed by atoms with Crippen LogP contribution in [0.1, 0.15) is 29.9 Å². The second-order valence-corrected chi connectivity index (χ2v) is 6.97. The average molecular weight is 321 g/mol. The van der Waals surface area contributed by atoms with E-state index in [-0.39, 0.29) is 0 Å². The molecule has 1 aliphatic carbocycles. The van der Waals surface area contributed by atoms with Crippen molar-refractivity contribution in [2.75, 3.05) is 52.5 Å². The third-order valence-electron chi connectivity index (χ3n) is 5.09. The molecule has 0 spiro atoms. The van der Waals surface area contributed by atoms with Gasteiger partial charge in [0.1, 0.15) is 11.5 Å². The zero-order valence-corrected chi connectivity index (χ0v) is 13.8. The molecule has 6 nitrogen and oxygen atoms in total. The van der Waals surface area contributed by atoms with Gasteiger partial charge in [-0.2, -0.15) is 0 Å². The van der Waals surface area contributed by atoms with Crippen LogP contribution in [0.25, 0.3) is 0 Å². The van der Waals surface area contributed by atoms with Gasteiger partial charge < -0.3 is 14.0 Å². The maximum atomic E-state index is 5.58. The molecule has 0 bridgehead atoms. The molecule has 0 aromatic carbocycles. The lowest BCUT2D eigenvalue weighted by molar-refractivity contribution is 0.0325. The van der Waals surface area contributed by atoms with Gasteiger partial charge in [-0.05, 0) is 18.8 Å². The summed E-state index contributed by atoms with van der Waals surface area (Å²) in [5, 5.41) is 4.33. The quantitative estimate of drug-likeness (QED) is 0.754. The fourth-order valence-electron chi connectivity index (χ4n) is 3.42. The molecule has 23 heavy (non-hydrogen) atoms. The number of hydrogen-bond acceptors (Lipinski definition) is 6. The first-order valence-corrected chi connectivity index (χ1v) is 8.95. The van der Waals surface area contributed by atoms with E-state index in [2.05, 4.69) is 15.0 Å². The Kier molecular flexibility index (Phi) is 4.94. The molecule has 3 aliphatic rings. The Morgan fingerprint density at radius 1 is 1.13 bits per heavy atom. The summed E-state index contributed by atoms with van der Waals surface area (Å²) >= 11 is 0. The van der Waals surface area contributed by atoms with Gasteiger partial charge in [0.15, 0.2) is 0 Å². The normalized spacial score (nSPS) is 22.5. The second-order valence-electron chi connectivity index (χ2n) is 6.97. The van der Waals surface area contributed by atoms with E-state index in [9.17, 15) is 0 Å². The summed E-state index contributed by atoms with van der Waals surface area (Å²) in [5.41, 5.74) is 2.28. The van der Waals surface area contributed by atoms with Crippen LogP contribution in [-0.4, -0.2) is 67.5 Å². The van der Waals surface area contributed by atoms with Crippen LogP contribution in [0.5, 0.6) is 0 Å². The summed E-state index contributed by atoms with van der Waals surface area (Å²) < 4.78 is 16.5. The fraction of sp³-hybridized carbons (Fsp3) is 0.824. The highest BCUT2D eigenvalue weighted by Gasteiger charge is 2.27. The van der Waals surface area contributed by atoms with Crippen molar-refractivity contribution in [1.82, 2.24) is 15.0 Å². The molecule has 6 heteroatoms. The Bertz CT molecular complexity index is 509. The van der Waals surface area contributed by atoms with E-state index in [4.69, 9.17) is 14.0 Å². The van der Waals surface area contributed by atoms with Gasteiger partial charge in [0.2, 0.25) is 0 Å². The van der Waals surface area contributed by atoms with Crippen LogP contribution in [0.15, 0.2) is 4.52 Å².